The normalized spacial score (nSPS) is 18.1. The summed E-state index contributed by atoms with van der Waals surface area (Å²) in [6.07, 6.45) is 3.10. The minimum Gasteiger partial charge on any atom is -0.365 e. The van der Waals surface area contributed by atoms with E-state index in [-0.39, 0.29) is 0 Å². The van der Waals surface area contributed by atoms with Crippen molar-refractivity contribution >= 4 is 0 Å². The van der Waals surface area contributed by atoms with Crippen molar-refractivity contribution in [2.45, 2.75) is 6.42 Å². The van der Waals surface area contributed by atoms with Crippen LogP contribution in [0.3, 0.4) is 0 Å². The summed E-state index contributed by atoms with van der Waals surface area (Å²) in [6, 6.07) is 4.21. The van der Waals surface area contributed by atoms with Gasteiger partial charge in [-0.1, -0.05) is 0 Å². The Balaban J connectivity index is 1.65. The quantitative estimate of drug-likeness (QED) is 0.754. The third kappa shape index (κ3) is 3.63. The Kier molecular flexibility index (Phi) is 4.39. The maximum Gasteiger partial charge on any atom is 0.0504 e. The first-order chi connectivity index (χ1) is 7.84. The van der Waals surface area contributed by atoms with Crippen LogP contribution in [0.25, 0.3) is 0 Å². The van der Waals surface area contributed by atoms with E-state index in [4.69, 9.17) is 0 Å². The van der Waals surface area contributed by atoms with Crippen molar-refractivity contribution in [1.82, 2.24) is 20.1 Å². The molecule has 1 aliphatic heterocycles. The second kappa shape index (κ2) is 6.03. The molecule has 1 saturated heterocycles. The number of H-pyrrole nitrogens is 1. The molecule has 0 radical (unpaired) electrons. The van der Waals surface area contributed by atoms with Crippen LogP contribution in [0.2, 0.25) is 0 Å². The number of piperazine rings is 1. The predicted octanol–water partition coefficient (Wildman–Crippen LogP) is 0.352. The Hall–Kier alpha value is -0.840. The zero-order valence-corrected chi connectivity index (χ0v) is 10.1. The van der Waals surface area contributed by atoms with Gasteiger partial charge in [0, 0.05) is 51.0 Å². The molecule has 0 bridgehead atoms. The molecule has 0 aliphatic carbocycles. The van der Waals surface area contributed by atoms with Crippen LogP contribution in [0, 0.1) is 0 Å². The first-order valence-electron chi connectivity index (χ1n) is 6.08. The highest BCUT2D eigenvalue weighted by molar-refractivity contribution is 5.03. The van der Waals surface area contributed by atoms with E-state index in [9.17, 15) is 0 Å². The Morgan fingerprint density at radius 3 is 2.88 bits per heavy atom. The number of rotatable bonds is 5. The standard InChI is InChI=1S/C12H22N4/c1-15(8-4-12-3-2-5-14-12)11-16-9-6-13-7-10-16/h2-3,5,13-14H,4,6-11H2,1H3. The molecule has 1 fully saturated rings. The molecule has 4 nitrogen and oxygen atoms in total. The van der Waals surface area contributed by atoms with Gasteiger partial charge in [0.1, 0.15) is 0 Å². The van der Waals surface area contributed by atoms with Gasteiger partial charge >= 0.3 is 0 Å². The molecule has 0 amide bonds. The minimum absolute atomic E-state index is 1.09. The molecule has 1 aromatic heterocycles. The zero-order chi connectivity index (χ0) is 11.2. The highest BCUT2D eigenvalue weighted by Crippen LogP contribution is 1.99. The molecule has 2 N–H and O–H groups in total. The Morgan fingerprint density at radius 2 is 2.19 bits per heavy atom. The van der Waals surface area contributed by atoms with Crippen LogP contribution in [0.15, 0.2) is 18.3 Å². The number of likely N-dealkylation sites (N-methyl/N-ethyl adjacent to an activating group) is 1. The smallest absolute Gasteiger partial charge is 0.0504 e. The lowest BCUT2D eigenvalue weighted by molar-refractivity contribution is 0.140. The number of hydrogen-bond donors (Lipinski definition) is 2. The molecule has 0 aromatic carbocycles. The molecule has 2 heterocycles. The average Bonchev–Trinajstić information content (AvgIpc) is 2.81. The summed E-state index contributed by atoms with van der Waals surface area (Å²) >= 11 is 0. The van der Waals surface area contributed by atoms with Gasteiger partial charge in [0.25, 0.3) is 0 Å². The molecule has 0 spiro atoms. The highest BCUT2D eigenvalue weighted by Gasteiger charge is 2.11. The van der Waals surface area contributed by atoms with Gasteiger partial charge in [-0.25, -0.2) is 0 Å². The van der Waals surface area contributed by atoms with Crippen LogP contribution in [0.5, 0.6) is 0 Å². The fourth-order valence-corrected chi connectivity index (χ4v) is 2.10. The van der Waals surface area contributed by atoms with Gasteiger partial charge in [-0.15, -0.1) is 0 Å². The van der Waals surface area contributed by atoms with Crippen molar-refractivity contribution in [2.24, 2.45) is 0 Å². The number of aromatic amines is 1. The van der Waals surface area contributed by atoms with Gasteiger partial charge in [-0.2, -0.15) is 0 Å². The molecule has 1 aromatic rings. The third-order valence-corrected chi connectivity index (χ3v) is 3.08. The van der Waals surface area contributed by atoms with Crippen molar-refractivity contribution in [3.8, 4) is 0 Å². The largest absolute Gasteiger partial charge is 0.365 e. The fourth-order valence-electron chi connectivity index (χ4n) is 2.10. The molecule has 0 unspecified atom stereocenters. The van der Waals surface area contributed by atoms with Gasteiger partial charge in [0.15, 0.2) is 0 Å². The zero-order valence-electron chi connectivity index (χ0n) is 10.1. The number of nitrogens with zero attached hydrogens (tertiary/aromatic N) is 2. The molecule has 2 rings (SSSR count). The van der Waals surface area contributed by atoms with Crippen LogP contribution in [0.1, 0.15) is 5.69 Å². The first kappa shape index (κ1) is 11.6. The van der Waals surface area contributed by atoms with Crippen LogP contribution >= 0.6 is 0 Å². The van der Waals surface area contributed by atoms with E-state index in [1.807, 2.05) is 6.20 Å². The second-order valence-corrected chi connectivity index (χ2v) is 4.53. The van der Waals surface area contributed by atoms with Gasteiger partial charge in [-0.05, 0) is 19.2 Å². The molecule has 1 aliphatic rings. The summed E-state index contributed by atoms with van der Waals surface area (Å²) in [5.74, 6) is 0. The number of aromatic nitrogens is 1. The SMILES string of the molecule is CN(CCc1ccc[nH]1)CN1CCNCC1. The lowest BCUT2D eigenvalue weighted by atomic mass is 10.3. The predicted molar refractivity (Wildman–Crippen MR) is 66.4 cm³/mol. The molecule has 0 atom stereocenters. The van der Waals surface area contributed by atoms with E-state index >= 15 is 0 Å². The molecule has 4 heteroatoms. The molecule has 0 saturated carbocycles. The lowest BCUT2D eigenvalue weighted by Crippen LogP contribution is -2.47. The lowest BCUT2D eigenvalue weighted by Gasteiger charge is -2.31. The number of hydrogen-bond acceptors (Lipinski definition) is 3. The summed E-state index contributed by atoms with van der Waals surface area (Å²) in [5, 5.41) is 3.38. The first-order valence-corrected chi connectivity index (χ1v) is 6.08. The maximum absolute atomic E-state index is 3.38. The fraction of sp³-hybridized carbons (Fsp3) is 0.667. The van der Waals surface area contributed by atoms with Crippen molar-refractivity contribution in [2.75, 3.05) is 46.4 Å². The van der Waals surface area contributed by atoms with E-state index in [1.165, 1.54) is 18.8 Å². The van der Waals surface area contributed by atoms with E-state index in [2.05, 4.69) is 39.3 Å². The van der Waals surface area contributed by atoms with E-state index in [1.54, 1.807) is 0 Å². The van der Waals surface area contributed by atoms with Gasteiger partial charge in [0.2, 0.25) is 0 Å². The minimum atomic E-state index is 1.09. The molecular formula is C12H22N4. The van der Waals surface area contributed by atoms with E-state index < -0.39 is 0 Å². The average molecular weight is 222 g/mol. The van der Waals surface area contributed by atoms with E-state index in [0.717, 1.165) is 32.7 Å². The van der Waals surface area contributed by atoms with Gasteiger partial charge in [-0.3, -0.25) is 9.80 Å². The van der Waals surface area contributed by atoms with Crippen LogP contribution in [0.4, 0.5) is 0 Å². The highest BCUT2D eigenvalue weighted by atomic mass is 15.3. The Bertz CT molecular complexity index is 277. The Morgan fingerprint density at radius 1 is 1.38 bits per heavy atom. The summed E-state index contributed by atoms with van der Waals surface area (Å²) in [4.78, 5) is 8.15. The van der Waals surface area contributed by atoms with Crippen LogP contribution < -0.4 is 5.32 Å². The third-order valence-electron chi connectivity index (χ3n) is 3.08. The van der Waals surface area contributed by atoms with Crippen molar-refractivity contribution < 1.29 is 0 Å². The summed E-state index contributed by atoms with van der Waals surface area (Å²) in [5.41, 5.74) is 1.33. The summed E-state index contributed by atoms with van der Waals surface area (Å²) in [7, 11) is 2.20. The Labute approximate surface area is 97.6 Å². The molecule has 90 valence electrons. The monoisotopic (exact) mass is 222 g/mol. The topological polar surface area (TPSA) is 34.3 Å². The van der Waals surface area contributed by atoms with Gasteiger partial charge in [0.05, 0.1) is 6.67 Å². The summed E-state index contributed by atoms with van der Waals surface area (Å²) in [6.45, 7) is 6.81. The van der Waals surface area contributed by atoms with Crippen molar-refractivity contribution in [3.63, 3.8) is 0 Å². The molecular weight excluding hydrogens is 200 g/mol. The van der Waals surface area contributed by atoms with Crippen molar-refractivity contribution in [3.05, 3.63) is 24.0 Å². The summed E-state index contributed by atoms with van der Waals surface area (Å²) < 4.78 is 0. The second-order valence-electron chi connectivity index (χ2n) is 4.53. The van der Waals surface area contributed by atoms with Crippen molar-refractivity contribution in [1.29, 1.82) is 0 Å². The van der Waals surface area contributed by atoms with E-state index in [0.29, 0.717) is 0 Å². The maximum atomic E-state index is 3.38. The van der Waals surface area contributed by atoms with Crippen LogP contribution in [-0.4, -0.2) is 61.2 Å². The van der Waals surface area contributed by atoms with Gasteiger partial charge < -0.3 is 10.3 Å². The number of nitrogens with one attached hydrogen (secondary N) is 2. The van der Waals surface area contributed by atoms with Crippen LogP contribution in [-0.2, 0) is 6.42 Å². The molecule has 16 heavy (non-hydrogen) atoms.